The van der Waals surface area contributed by atoms with E-state index in [4.69, 9.17) is 0 Å². The van der Waals surface area contributed by atoms with Crippen molar-refractivity contribution >= 4 is 15.9 Å². The van der Waals surface area contributed by atoms with Crippen LogP contribution in [0.4, 0.5) is 0 Å². The van der Waals surface area contributed by atoms with Crippen molar-refractivity contribution in [1.29, 1.82) is 0 Å². The van der Waals surface area contributed by atoms with Gasteiger partial charge in [0.05, 0.1) is 0 Å². The Morgan fingerprint density at radius 3 is 2.19 bits per heavy atom. The summed E-state index contributed by atoms with van der Waals surface area (Å²) in [5, 5.41) is 0. The maximum atomic E-state index is 3.50. The topological polar surface area (TPSA) is 0 Å². The third kappa shape index (κ3) is 4.69. The summed E-state index contributed by atoms with van der Waals surface area (Å²) in [5.41, 5.74) is 1.51. The van der Waals surface area contributed by atoms with E-state index in [1.807, 2.05) is 0 Å². The van der Waals surface area contributed by atoms with E-state index in [-0.39, 0.29) is 0 Å². The van der Waals surface area contributed by atoms with Crippen LogP contribution in [0, 0.1) is 0 Å². The van der Waals surface area contributed by atoms with Crippen molar-refractivity contribution in [2.24, 2.45) is 0 Å². The lowest BCUT2D eigenvalue weighted by Gasteiger charge is -2.16. The lowest BCUT2D eigenvalue weighted by Crippen LogP contribution is -1.98. The first-order valence-electron chi connectivity index (χ1n) is 6.53. The van der Waals surface area contributed by atoms with Crippen molar-refractivity contribution in [3.8, 4) is 0 Å². The van der Waals surface area contributed by atoms with Crippen LogP contribution in [0.2, 0.25) is 0 Å². The van der Waals surface area contributed by atoms with Gasteiger partial charge in [-0.3, -0.25) is 0 Å². The van der Waals surface area contributed by atoms with Crippen molar-refractivity contribution < 1.29 is 0 Å². The van der Waals surface area contributed by atoms with Crippen LogP contribution in [0.25, 0.3) is 0 Å². The SMILES string of the molecule is CCCCCC(CCC)c1ccc(Br)cc1. The van der Waals surface area contributed by atoms with Gasteiger partial charge in [0.1, 0.15) is 0 Å². The molecule has 1 unspecified atom stereocenters. The molecule has 1 heteroatoms. The fourth-order valence-electron chi connectivity index (χ4n) is 2.20. The average molecular weight is 283 g/mol. The second-order valence-corrected chi connectivity index (χ2v) is 5.45. The molecule has 16 heavy (non-hydrogen) atoms. The average Bonchev–Trinajstić information content (AvgIpc) is 2.29. The summed E-state index contributed by atoms with van der Waals surface area (Å²) in [6.45, 7) is 4.56. The molecule has 0 saturated heterocycles. The van der Waals surface area contributed by atoms with Gasteiger partial charge in [-0.25, -0.2) is 0 Å². The quantitative estimate of drug-likeness (QED) is 0.545. The molecular formula is C15H23Br. The number of hydrogen-bond donors (Lipinski definition) is 0. The van der Waals surface area contributed by atoms with Gasteiger partial charge in [-0.15, -0.1) is 0 Å². The summed E-state index contributed by atoms with van der Waals surface area (Å²) in [4.78, 5) is 0. The normalized spacial score (nSPS) is 12.7. The van der Waals surface area contributed by atoms with E-state index >= 15 is 0 Å². The van der Waals surface area contributed by atoms with Crippen LogP contribution < -0.4 is 0 Å². The standard InChI is InChI=1S/C15H23Br/c1-3-5-6-8-13(7-4-2)14-9-11-15(16)12-10-14/h9-13H,3-8H2,1-2H3. The van der Waals surface area contributed by atoms with Crippen LogP contribution in [-0.2, 0) is 0 Å². The van der Waals surface area contributed by atoms with E-state index in [2.05, 4.69) is 54.0 Å². The minimum absolute atomic E-state index is 0.768. The molecule has 90 valence electrons. The highest BCUT2D eigenvalue weighted by molar-refractivity contribution is 9.10. The van der Waals surface area contributed by atoms with Crippen LogP contribution >= 0.6 is 15.9 Å². The molecule has 1 aromatic carbocycles. The summed E-state index contributed by atoms with van der Waals surface area (Å²) in [5.74, 6) is 0.768. The highest BCUT2D eigenvalue weighted by atomic mass is 79.9. The molecule has 0 spiro atoms. The highest BCUT2D eigenvalue weighted by Gasteiger charge is 2.09. The zero-order valence-electron chi connectivity index (χ0n) is 10.5. The molecule has 0 nitrogen and oxygen atoms in total. The van der Waals surface area contributed by atoms with Gasteiger partial charge in [0.15, 0.2) is 0 Å². The van der Waals surface area contributed by atoms with Gasteiger partial charge < -0.3 is 0 Å². The molecular weight excluding hydrogens is 260 g/mol. The molecule has 0 N–H and O–H groups in total. The first kappa shape index (κ1) is 13.8. The predicted octanol–water partition coefficient (Wildman–Crippen LogP) is 5.91. The zero-order valence-corrected chi connectivity index (χ0v) is 12.1. The van der Waals surface area contributed by atoms with Crippen LogP contribution in [0.5, 0.6) is 0 Å². The molecule has 0 heterocycles. The molecule has 0 bridgehead atoms. The monoisotopic (exact) mass is 282 g/mol. The van der Waals surface area contributed by atoms with E-state index in [0.717, 1.165) is 5.92 Å². The van der Waals surface area contributed by atoms with Crippen LogP contribution in [0.15, 0.2) is 28.7 Å². The van der Waals surface area contributed by atoms with Gasteiger partial charge in [-0.1, -0.05) is 67.6 Å². The second-order valence-electron chi connectivity index (χ2n) is 4.53. The van der Waals surface area contributed by atoms with Gasteiger partial charge in [0.25, 0.3) is 0 Å². The fraction of sp³-hybridized carbons (Fsp3) is 0.600. The van der Waals surface area contributed by atoms with Crippen molar-refractivity contribution in [3.63, 3.8) is 0 Å². The first-order valence-corrected chi connectivity index (χ1v) is 7.32. The Balaban J connectivity index is 2.57. The Morgan fingerprint density at radius 1 is 0.938 bits per heavy atom. The van der Waals surface area contributed by atoms with Crippen molar-refractivity contribution in [1.82, 2.24) is 0 Å². The van der Waals surface area contributed by atoms with E-state index < -0.39 is 0 Å². The van der Waals surface area contributed by atoms with Crippen LogP contribution in [0.3, 0.4) is 0 Å². The molecule has 1 aromatic rings. The maximum Gasteiger partial charge on any atom is 0.0175 e. The molecule has 0 aliphatic carbocycles. The van der Waals surface area contributed by atoms with E-state index in [9.17, 15) is 0 Å². The molecule has 1 rings (SSSR count). The summed E-state index contributed by atoms with van der Waals surface area (Å²) in [6, 6.07) is 8.88. The summed E-state index contributed by atoms with van der Waals surface area (Å²) in [6.07, 6.45) is 8.02. The summed E-state index contributed by atoms with van der Waals surface area (Å²) >= 11 is 3.50. The molecule has 0 aromatic heterocycles. The van der Waals surface area contributed by atoms with Gasteiger partial charge >= 0.3 is 0 Å². The minimum atomic E-state index is 0.768. The van der Waals surface area contributed by atoms with Crippen LogP contribution in [0.1, 0.15) is 63.9 Å². The highest BCUT2D eigenvalue weighted by Crippen LogP contribution is 2.28. The Hall–Kier alpha value is -0.300. The second kappa shape index (κ2) is 7.89. The molecule has 0 fully saturated rings. The Kier molecular flexibility index (Phi) is 6.79. The largest absolute Gasteiger partial charge is 0.0654 e. The van der Waals surface area contributed by atoms with E-state index in [1.165, 1.54) is 48.6 Å². The number of hydrogen-bond acceptors (Lipinski definition) is 0. The smallest absolute Gasteiger partial charge is 0.0175 e. The van der Waals surface area contributed by atoms with Gasteiger partial charge in [-0.05, 0) is 36.5 Å². The number of unbranched alkanes of at least 4 members (excludes halogenated alkanes) is 2. The Labute approximate surface area is 109 Å². The molecule has 1 atom stereocenters. The first-order chi connectivity index (χ1) is 7.77. The molecule has 0 aliphatic heterocycles. The van der Waals surface area contributed by atoms with Crippen molar-refractivity contribution in [2.45, 2.75) is 58.3 Å². The van der Waals surface area contributed by atoms with E-state index in [1.54, 1.807) is 0 Å². The summed E-state index contributed by atoms with van der Waals surface area (Å²) < 4.78 is 1.18. The molecule has 0 saturated carbocycles. The van der Waals surface area contributed by atoms with E-state index in [0.29, 0.717) is 0 Å². The number of benzene rings is 1. The van der Waals surface area contributed by atoms with Gasteiger partial charge in [0.2, 0.25) is 0 Å². The zero-order chi connectivity index (χ0) is 11.8. The van der Waals surface area contributed by atoms with Crippen LogP contribution in [-0.4, -0.2) is 0 Å². The summed E-state index contributed by atoms with van der Waals surface area (Å²) in [7, 11) is 0. The predicted molar refractivity (Wildman–Crippen MR) is 75.9 cm³/mol. The molecule has 0 amide bonds. The number of rotatable bonds is 7. The number of halogens is 1. The third-order valence-electron chi connectivity index (χ3n) is 3.13. The maximum absolute atomic E-state index is 3.50. The van der Waals surface area contributed by atoms with Gasteiger partial charge in [-0.2, -0.15) is 0 Å². The third-order valence-corrected chi connectivity index (χ3v) is 3.66. The van der Waals surface area contributed by atoms with Crippen molar-refractivity contribution in [3.05, 3.63) is 34.3 Å². The lowest BCUT2D eigenvalue weighted by atomic mass is 9.89. The van der Waals surface area contributed by atoms with Gasteiger partial charge in [0, 0.05) is 4.47 Å². The lowest BCUT2D eigenvalue weighted by molar-refractivity contribution is 0.529. The molecule has 0 aliphatic rings. The molecule has 0 radical (unpaired) electrons. The Morgan fingerprint density at radius 2 is 1.62 bits per heavy atom. The minimum Gasteiger partial charge on any atom is -0.0654 e. The Bertz CT molecular complexity index is 276. The van der Waals surface area contributed by atoms with Crippen molar-refractivity contribution in [2.75, 3.05) is 0 Å². The fourth-order valence-corrected chi connectivity index (χ4v) is 2.47.